The summed E-state index contributed by atoms with van der Waals surface area (Å²) in [5.41, 5.74) is 0. The zero-order valence-electron chi connectivity index (χ0n) is 10.4. The van der Waals surface area contributed by atoms with E-state index in [2.05, 4.69) is 45.0 Å². The Labute approximate surface area is 89.1 Å². The topological polar surface area (TPSA) is 15.3 Å². The number of nitrogens with one attached hydrogen (secondary N) is 1. The second-order valence-corrected chi connectivity index (χ2v) is 5.14. The molecule has 0 saturated heterocycles. The van der Waals surface area contributed by atoms with Gasteiger partial charge in [-0.15, -0.1) is 0 Å². The van der Waals surface area contributed by atoms with E-state index in [0.717, 1.165) is 12.0 Å². The van der Waals surface area contributed by atoms with Crippen molar-refractivity contribution in [2.75, 3.05) is 13.6 Å². The van der Waals surface area contributed by atoms with Crippen LogP contribution in [0.15, 0.2) is 0 Å². The highest BCUT2D eigenvalue weighted by atomic mass is 15.2. The lowest BCUT2D eigenvalue weighted by Crippen LogP contribution is -2.48. The van der Waals surface area contributed by atoms with Gasteiger partial charge >= 0.3 is 0 Å². The summed E-state index contributed by atoms with van der Waals surface area (Å²) in [6.45, 7) is 10.5. The van der Waals surface area contributed by atoms with Gasteiger partial charge in [0.2, 0.25) is 0 Å². The van der Waals surface area contributed by atoms with Crippen molar-refractivity contribution in [3.63, 3.8) is 0 Å². The third-order valence-electron chi connectivity index (χ3n) is 3.29. The molecule has 0 radical (unpaired) electrons. The fraction of sp³-hybridized carbons (Fsp3) is 1.00. The van der Waals surface area contributed by atoms with Gasteiger partial charge in [0.1, 0.15) is 0 Å². The number of hydrogen-bond acceptors (Lipinski definition) is 2. The van der Waals surface area contributed by atoms with Gasteiger partial charge in [-0.3, -0.25) is 4.90 Å². The van der Waals surface area contributed by atoms with Gasteiger partial charge in [-0.2, -0.15) is 0 Å². The molecule has 2 heteroatoms. The molecule has 84 valence electrons. The summed E-state index contributed by atoms with van der Waals surface area (Å²) in [6, 6.07) is 2.13. The summed E-state index contributed by atoms with van der Waals surface area (Å²) in [5, 5.41) is 3.36. The highest BCUT2D eigenvalue weighted by Crippen LogP contribution is 2.30. The van der Waals surface area contributed by atoms with Crippen molar-refractivity contribution in [1.82, 2.24) is 10.2 Å². The summed E-state index contributed by atoms with van der Waals surface area (Å²) in [5.74, 6) is 0.780. The minimum Gasteiger partial charge on any atom is -0.316 e. The number of likely N-dealkylation sites (N-methyl/N-ethyl adjacent to an activating group) is 1. The van der Waals surface area contributed by atoms with Crippen LogP contribution in [0.25, 0.3) is 0 Å². The van der Waals surface area contributed by atoms with E-state index in [1.165, 1.54) is 19.4 Å². The SMILES string of the molecule is CNC(C)C(C)N(CC(C)C)C1CC1. The normalized spacial score (nSPS) is 21.6. The van der Waals surface area contributed by atoms with Gasteiger partial charge in [-0.1, -0.05) is 13.8 Å². The molecular weight excluding hydrogens is 172 g/mol. The standard InChI is InChI=1S/C12H26N2/c1-9(2)8-14(12-6-7-12)11(4)10(3)13-5/h9-13H,6-8H2,1-5H3. The molecule has 2 atom stereocenters. The first-order valence-corrected chi connectivity index (χ1v) is 5.99. The van der Waals surface area contributed by atoms with Crippen LogP contribution < -0.4 is 5.32 Å². The minimum absolute atomic E-state index is 0.592. The van der Waals surface area contributed by atoms with Crippen molar-refractivity contribution < 1.29 is 0 Å². The van der Waals surface area contributed by atoms with E-state index in [-0.39, 0.29) is 0 Å². The molecule has 1 rings (SSSR count). The predicted octanol–water partition coefficient (Wildman–Crippen LogP) is 2.10. The summed E-state index contributed by atoms with van der Waals surface area (Å²) in [4.78, 5) is 2.69. The van der Waals surface area contributed by atoms with Crippen LogP contribution in [0.2, 0.25) is 0 Å². The molecule has 2 nitrogen and oxygen atoms in total. The molecule has 2 unspecified atom stereocenters. The molecule has 0 aromatic rings. The van der Waals surface area contributed by atoms with E-state index in [1.807, 2.05) is 0 Å². The lowest BCUT2D eigenvalue weighted by Gasteiger charge is -2.34. The smallest absolute Gasteiger partial charge is 0.0221 e. The van der Waals surface area contributed by atoms with Crippen molar-refractivity contribution in [2.24, 2.45) is 5.92 Å². The minimum atomic E-state index is 0.592. The molecule has 1 fully saturated rings. The summed E-state index contributed by atoms with van der Waals surface area (Å²) >= 11 is 0. The lowest BCUT2D eigenvalue weighted by molar-refractivity contribution is 0.150. The molecule has 1 aliphatic rings. The fourth-order valence-corrected chi connectivity index (χ4v) is 2.00. The Morgan fingerprint density at radius 2 is 1.79 bits per heavy atom. The molecule has 0 bridgehead atoms. The molecule has 14 heavy (non-hydrogen) atoms. The first kappa shape index (κ1) is 12.0. The van der Waals surface area contributed by atoms with Crippen molar-refractivity contribution >= 4 is 0 Å². The zero-order chi connectivity index (χ0) is 10.7. The van der Waals surface area contributed by atoms with Gasteiger partial charge < -0.3 is 5.32 Å². The quantitative estimate of drug-likeness (QED) is 0.703. The van der Waals surface area contributed by atoms with Crippen molar-refractivity contribution in [3.8, 4) is 0 Å². The average Bonchev–Trinajstić information content (AvgIpc) is 2.94. The molecule has 1 saturated carbocycles. The molecule has 0 aliphatic heterocycles. The van der Waals surface area contributed by atoms with Crippen LogP contribution in [0.3, 0.4) is 0 Å². The monoisotopic (exact) mass is 198 g/mol. The molecular formula is C12H26N2. The van der Waals surface area contributed by atoms with Gasteiger partial charge in [0.25, 0.3) is 0 Å². The van der Waals surface area contributed by atoms with Gasteiger partial charge in [-0.05, 0) is 39.7 Å². The Morgan fingerprint density at radius 1 is 1.21 bits per heavy atom. The predicted molar refractivity (Wildman–Crippen MR) is 62.5 cm³/mol. The van der Waals surface area contributed by atoms with Crippen molar-refractivity contribution in [1.29, 1.82) is 0 Å². The van der Waals surface area contributed by atoms with Crippen LogP contribution >= 0.6 is 0 Å². The molecule has 0 spiro atoms. The molecule has 1 N–H and O–H groups in total. The second kappa shape index (κ2) is 5.13. The van der Waals surface area contributed by atoms with Gasteiger partial charge in [0, 0.05) is 24.7 Å². The molecule has 0 aromatic heterocycles. The molecule has 0 amide bonds. The zero-order valence-corrected chi connectivity index (χ0v) is 10.4. The maximum Gasteiger partial charge on any atom is 0.0221 e. The lowest BCUT2D eigenvalue weighted by atomic mass is 10.1. The Balaban J connectivity index is 2.48. The van der Waals surface area contributed by atoms with Crippen LogP contribution in [-0.4, -0.2) is 36.6 Å². The first-order chi connectivity index (χ1) is 6.56. The first-order valence-electron chi connectivity index (χ1n) is 5.99. The second-order valence-electron chi connectivity index (χ2n) is 5.14. The van der Waals surface area contributed by atoms with Crippen molar-refractivity contribution in [3.05, 3.63) is 0 Å². The third-order valence-corrected chi connectivity index (χ3v) is 3.29. The van der Waals surface area contributed by atoms with Gasteiger partial charge in [0.15, 0.2) is 0 Å². The van der Waals surface area contributed by atoms with E-state index in [9.17, 15) is 0 Å². The van der Waals surface area contributed by atoms with Crippen LogP contribution in [0.4, 0.5) is 0 Å². The average molecular weight is 198 g/mol. The van der Waals surface area contributed by atoms with Gasteiger partial charge in [0.05, 0.1) is 0 Å². The Hall–Kier alpha value is -0.0800. The number of nitrogens with zero attached hydrogens (tertiary/aromatic N) is 1. The summed E-state index contributed by atoms with van der Waals surface area (Å²) in [7, 11) is 2.06. The van der Waals surface area contributed by atoms with Crippen LogP contribution in [0, 0.1) is 5.92 Å². The van der Waals surface area contributed by atoms with E-state index >= 15 is 0 Å². The van der Waals surface area contributed by atoms with Crippen LogP contribution in [-0.2, 0) is 0 Å². The van der Waals surface area contributed by atoms with E-state index in [4.69, 9.17) is 0 Å². The fourth-order valence-electron chi connectivity index (χ4n) is 2.00. The number of rotatable bonds is 6. The maximum atomic E-state index is 3.36. The molecule has 0 heterocycles. The number of hydrogen-bond donors (Lipinski definition) is 1. The Kier molecular flexibility index (Phi) is 4.39. The molecule has 1 aliphatic carbocycles. The van der Waals surface area contributed by atoms with Gasteiger partial charge in [-0.25, -0.2) is 0 Å². The Bertz CT molecular complexity index is 164. The van der Waals surface area contributed by atoms with E-state index in [1.54, 1.807) is 0 Å². The van der Waals surface area contributed by atoms with Crippen molar-refractivity contribution in [2.45, 2.75) is 58.7 Å². The third kappa shape index (κ3) is 3.25. The summed E-state index contributed by atoms with van der Waals surface area (Å²) in [6.07, 6.45) is 2.82. The molecule has 0 aromatic carbocycles. The highest BCUT2D eigenvalue weighted by Gasteiger charge is 2.33. The largest absolute Gasteiger partial charge is 0.316 e. The summed E-state index contributed by atoms with van der Waals surface area (Å²) < 4.78 is 0. The van der Waals surface area contributed by atoms with E-state index in [0.29, 0.717) is 12.1 Å². The maximum absolute atomic E-state index is 3.36. The highest BCUT2D eigenvalue weighted by molar-refractivity contribution is 4.90. The Morgan fingerprint density at radius 3 is 2.14 bits per heavy atom. The van der Waals surface area contributed by atoms with Crippen LogP contribution in [0.1, 0.15) is 40.5 Å². The van der Waals surface area contributed by atoms with E-state index < -0.39 is 0 Å². The van der Waals surface area contributed by atoms with Crippen LogP contribution in [0.5, 0.6) is 0 Å².